The van der Waals surface area contributed by atoms with Gasteiger partial charge in [-0.15, -0.1) is 0 Å². The van der Waals surface area contributed by atoms with Crippen LogP contribution >= 0.6 is 11.6 Å². The molecule has 0 aliphatic carbocycles. The van der Waals surface area contributed by atoms with Crippen LogP contribution in [0.15, 0.2) is 23.1 Å². The fraction of sp³-hybridized carbons (Fsp3) is 0.364. The fourth-order valence-corrected chi connectivity index (χ4v) is 3.05. The third kappa shape index (κ3) is 4.13. The van der Waals surface area contributed by atoms with Crippen molar-refractivity contribution in [3.05, 3.63) is 33.3 Å². The molecule has 0 saturated carbocycles. The summed E-state index contributed by atoms with van der Waals surface area (Å²) in [5.41, 5.74) is -0.573. The third-order valence-corrected chi connectivity index (χ3v) is 4.40. The van der Waals surface area contributed by atoms with Crippen LogP contribution in [-0.2, 0) is 14.8 Å². The molecular formula is C11H13ClN2O6S. The van der Waals surface area contributed by atoms with Crippen molar-refractivity contribution in [2.24, 2.45) is 5.92 Å². The SMILES string of the molecule is CC(C)C(NS(=O)(=O)c1ccc(Cl)c([N+](=O)[O-])c1)C(=O)O. The maximum absolute atomic E-state index is 12.1. The molecule has 0 spiro atoms. The highest BCUT2D eigenvalue weighted by Crippen LogP contribution is 2.27. The lowest BCUT2D eigenvalue weighted by atomic mass is 10.1. The smallest absolute Gasteiger partial charge is 0.322 e. The number of carboxylic acid groups (broad SMARTS) is 1. The van der Waals surface area contributed by atoms with Crippen molar-refractivity contribution in [2.75, 3.05) is 0 Å². The molecule has 10 heteroatoms. The second-order valence-corrected chi connectivity index (χ2v) is 6.67. The molecule has 0 radical (unpaired) electrons. The first-order chi connectivity index (χ1) is 9.56. The van der Waals surface area contributed by atoms with Crippen LogP contribution in [0.3, 0.4) is 0 Å². The monoisotopic (exact) mass is 336 g/mol. The predicted molar refractivity (Wildman–Crippen MR) is 74.7 cm³/mol. The molecule has 2 N–H and O–H groups in total. The van der Waals surface area contributed by atoms with Gasteiger partial charge in [-0.1, -0.05) is 25.4 Å². The molecule has 1 aromatic carbocycles. The molecule has 8 nitrogen and oxygen atoms in total. The molecule has 0 aliphatic rings. The summed E-state index contributed by atoms with van der Waals surface area (Å²) in [6, 6.07) is 1.57. The number of nitrogens with one attached hydrogen (secondary N) is 1. The highest BCUT2D eigenvalue weighted by Gasteiger charge is 2.29. The number of benzene rings is 1. The normalized spacial score (nSPS) is 13.1. The third-order valence-electron chi connectivity index (χ3n) is 2.64. The second-order valence-electron chi connectivity index (χ2n) is 4.55. The number of sulfonamides is 1. The number of hydrogen-bond donors (Lipinski definition) is 2. The summed E-state index contributed by atoms with van der Waals surface area (Å²) in [4.78, 5) is 20.5. The largest absolute Gasteiger partial charge is 0.480 e. The van der Waals surface area contributed by atoms with Crippen LogP contribution in [0.5, 0.6) is 0 Å². The van der Waals surface area contributed by atoms with E-state index >= 15 is 0 Å². The van der Waals surface area contributed by atoms with E-state index in [4.69, 9.17) is 16.7 Å². The van der Waals surface area contributed by atoms with Gasteiger partial charge in [-0.2, -0.15) is 4.72 Å². The van der Waals surface area contributed by atoms with Crippen molar-refractivity contribution < 1.29 is 23.2 Å². The molecule has 1 unspecified atom stereocenters. The van der Waals surface area contributed by atoms with Crippen molar-refractivity contribution in [3.63, 3.8) is 0 Å². The van der Waals surface area contributed by atoms with Crippen LogP contribution < -0.4 is 4.72 Å². The Morgan fingerprint density at radius 3 is 2.43 bits per heavy atom. The summed E-state index contributed by atoms with van der Waals surface area (Å²) in [5.74, 6) is -1.84. The van der Waals surface area contributed by atoms with Gasteiger partial charge in [0.05, 0.1) is 9.82 Å². The van der Waals surface area contributed by atoms with Crippen molar-refractivity contribution in [3.8, 4) is 0 Å². The van der Waals surface area contributed by atoms with Crippen molar-refractivity contribution in [1.29, 1.82) is 0 Å². The zero-order valence-electron chi connectivity index (χ0n) is 11.1. The zero-order valence-corrected chi connectivity index (χ0v) is 12.7. The molecule has 1 aromatic rings. The number of halogens is 1. The van der Waals surface area contributed by atoms with Gasteiger partial charge in [0.15, 0.2) is 0 Å². The van der Waals surface area contributed by atoms with Gasteiger partial charge in [-0.3, -0.25) is 14.9 Å². The van der Waals surface area contributed by atoms with E-state index in [1.807, 2.05) is 4.72 Å². The number of carbonyl (C=O) groups is 1. The summed E-state index contributed by atoms with van der Waals surface area (Å²) in [6.45, 7) is 3.07. The van der Waals surface area contributed by atoms with Crippen LogP contribution in [0.4, 0.5) is 5.69 Å². The predicted octanol–water partition coefficient (Wildman–Crippen LogP) is 1.64. The summed E-state index contributed by atoms with van der Waals surface area (Å²) in [5, 5.41) is 19.5. The van der Waals surface area contributed by atoms with Gasteiger partial charge in [-0.25, -0.2) is 8.42 Å². The van der Waals surface area contributed by atoms with Gasteiger partial charge >= 0.3 is 5.97 Å². The number of hydrogen-bond acceptors (Lipinski definition) is 5. The number of nitro groups is 1. The van der Waals surface area contributed by atoms with Crippen LogP contribution in [0.1, 0.15) is 13.8 Å². The van der Waals surface area contributed by atoms with E-state index in [-0.39, 0.29) is 5.02 Å². The first kappa shape index (κ1) is 17.3. The molecule has 1 rings (SSSR count). The highest BCUT2D eigenvalue weighted by molar-refractivity contribution is 7.89. The Morgan fingerprint density at radius 2 is 2.00 bits per heavy atom. The van der Waals surface area contributed by atoms with Crippen LogP contribution in [0.25, 0.3) is 0 Å². The molecule has 0 aromatic heterocycles. The molecule has 0 saturated heterocycles. The molecular weight excluding hydrogens is 324 g/mol. The number of carboxylic acids is 1. The number of rotatable bonds is 6. The van der Waals surface area contributed by atoms with E-state index in [1.165, 1.54) is 13.8 Å². The number of aliphatic carboxylic acids is 1. The van der Waals surface area contributed by atoms with Crippen LogP contribution in [-0.4, -0.2) is 30.5 Å². The van der Waals surface area contributed by atoms with E-state index in [0.717, 1.165) is 18.2 Å². The van der Waals surface area contributed by atoms with Crippen molar-refractivity contribution >= 4 is 33.3 Å². The van der Waals surface area contributed by atoms with E-state index < -0.39 is 43.5 Å². The van der Waals surface area contributed by atoms with Crippen LogP contribution in [0, 0.1) is 16.0 Å². The molecule has 1 atom stereocenters. The highest BCUT2D eigenvalue weighted by atomic mass is 35.5. The summed E-state index contributed by atoms with van der Waals surface area (Å²) in [6.07, 6.45) is 0. The van der Waals surface area contributed by atoms with E-state index in [9.17, 15) is 23.3 Å². The standard InChI is InChI=1S/C11H13ClN2O6S/c1-6(2)10(11(15)16)13-21(19,20)7-3-4-8(12)9(5-7)14(17)18/h3-6,10,13H,1-2H3,(H,15,16). The minimum absolute atomic E-state index is 0.211. The summed E-state index contributed by atoms with van der Waals surface area (Å²) >= 11 is 5.60. The van der Waals surface area contributed by atoms with E-state index in [2.05, 4.69) is 0 Å². The van der Waals surface area contributed by atoms with Gasteiger partial charge in [0.1, 0.15) is 11.1 Å². The molecule has 0 aliphatic heterocycles. The Labute approximate surface area is 125 Å². The molecule has 21 heavy (non-hydrogen) atoms. The van der Waals surface area contributed by atoms with Gasteiger partial charge in [0, 0.05) is 6.07 Å². The quantitative estimate of drug-likeness (QED) is 0.600. The van der Waals surface area contributed by atoms with E-state index in [0.29, 0.717) is 0 Å². The molecule has 0 fully saturated rings. The van der Waals surface area contributed by atoms with Crippen LogP contribution in [0.2, 0.25) is 5.02 Å². The van der Waals surface area contributed by atoms with Crippen molar-refractivity contribution in [2.45, 2.75) is 24.8 Å². The molecule has 0 amide bonds. The summed E-state index contributed by atoms with van der Waals surface area (Å²) in [7, 11) is -4.22. The lowest BCUT2D eigenvalue weighted by Gasteiger charge is -2.17. The number of nitrogens with zero attached hydrogens (tertiary/aromatic N) is 1. The minimum atomic E-state index is -4.22. The Hall–Kier alpha value is -1.71. The second kappa shape index (κ2) is 6.37. The molecule has 116 valence electrons. The van der Waals surface area contributed by atoms with Gasteiger partial charge in [0.2, 0.25) is 10.0 Å². The first-order valence-corrected chi connectivity index (χ1v) is 7.61. The first-order valence-electron chi connectivity index (χ1n) is 5.75. The number of nitro benzene ring substituents is 1. The van der Waals surface area contributed by atoms with Gasteiger partial charge in [0.25, 0.3) is 5.69 Å². The Morgan fingerprint density at radius 1 is 1.43 bits per heavy atom. The topological polar surface area (TPSA) is 127 Å². The lowest BCUT2D eigenvalue weighted by molar-refractivity contribution is -0.384. The Balaban J connectivity index is 3.22. The Kier molecular flexibility index (Phi) is 5.26. The zero-order chi connectivity index (χ0) is 16.4. The Bertz CT molecular complexity index is 673. The van der Waals surface area contributed by atoms with Gasteiger partial charge < -0.3 is 5.11 Å². The summed E-state index contributed by atoms with van der Waals surface area (Å²) < 4.78 is 26.2. The average Bonchev–Trinajstić information content (AvgIpc) is 2.35. The maximum Gasteiger partial charge on any atom is 0.322 e. The lowest BCUT2D eigenvalue weighted by Crippen LogP contribution is -2.44. The van der Waals surface area contributed by atoms with E-state index in [1.54, 1.807) is 0 Å². The minimum Gasteiger partial charge on any atom is -0.480 e. The molecule has 0 heterocycles. The van der Waals surface area contributed by atoms with Crippen molar-refractivity contribution in [1.82, 2.24) is 4.72 Å². The maximum atomic E-state index is 12.1. The average molecular weight is 337 g/mol. The van der Waals surface area contributed by atoms with Gasteiger partial charge in [-0.05, 0) is 18.1 Å². The fourth-order valence-electron chi connectivity index (χ4n) is 1.51. The molecule has 0 bridgehead atoms.